The van der Waals surface area contributed by atoms with Crippen molar-refractivity contribution in [1.82, 2.24) is 9.88 Å². The fourth-order valence-corrected chi connectivity index (χ4v) is 6.65. The molecule has 2 aliphatic rings. The summed E-state index contributed by atoms with van der Waals surface area (Å²) in [5.41, 5.74) is 8.61. The number of nitrogens with zero attached hydrogens (tertiary/aromatic N) is 1. The minimum absolute atomic E-state index is 0.0126. The fourth-order valence-electron chi connectivity index (χ4n) is 6.65. The molecular weight excluding hydrogens is 563 g/mol. The SMILES string of the molecule is CCOCCCOC(=O)c1cc2cc(NC(=O)[C@@H]3[C@H](c4ccccc4)CCN3C(=O)[C@H]3CC[C@H]([C@H](N)CF)CC3)ccc2[nH]1. The van der Waals surface area contributed by atoms with E-state index in [1.54, 1.807) is 17.0 Å². The molecule has 2 heterocycles. The molecule has 2 fully saturated rings. The van der Waals surface area contributed by atoms with Gasteiger partial charge in [-0.15, -0.1) is 0 Å². The molecule has 1 aromatic heterocycles. The Labute approximate surface area is 257 Å². The Balaban J connectivity index is 1.29. The number of benzene rings is 2. The quantitative estimate of drug-likeness (QED) is 0.193. The van der Waals surface area contributed by atoms with Crippen LogP contribution in [0.4, 0.5) is 10.1 Å². The Morgan fingerprint density at radius 3 is 2.55 bits per heavy atom. The van der Waals surface area contributed by atoms with E-state index in [4.69, 9.17) is 15.2 Å². The Morgan fingerprint density at radius 1 is 1.05 bits per heavy atom. The van der Waals surface area contributed by atoms with Gasteiger partial charge in [0, 0.05) is 60.6 Å². The number of nitrogens with two attached hydrogens (primary N) is 1. The molecule has 2 aromatic carbocycles. The maximum Gasteiger partial charge on any atom is 0.354 e. The highest BCUT2D eigenvalue weighted by Crippen LogP contribution is 2.38. The Hall–Kier alpha value is -3.76. The van der Waals surface area contributed by atoms with E-state index >= 15 is 0 Å². The van der Waals surface area contributed by atoms with Gasteiger partial charge in [0.15, 0.2) is 0 Å². The van der Waals surface area contributed by atoms with Crippen molar-refractivity contribution in [1.29, 1.82) is 0 Å². The lowest BCUT2D eigenvalue weighted by Gasteiger charge is -2.35. The number of carbonyl (C=O) groups is 3. The third-order valence-electron chi connectivity index (χ3n) is 9.06. The molecule has 0 bridgehead atoms. The van der Waals surface area contributed by atoms with Gasteiger partial charge in [0.1, 0.15) is 18.4 Å². The lowest BCUT2D eigenvalue weighted by molar-refractivity contribution is -0.141. The Kier molecular flexibility index (Phi) is 10.7. The van der Waals surface area contributed by atoms with Crippen LogP contribution in [0, 0.1) is 11.8 Å². The van der Waals surface area contributed by atoms with E-state index in [1.807, 2.05) is 49.4 Å². The van der Waals surface area contributed by atoms with Crippen LogP contribution in [0.15, 0.2) is 54.6 Å². The number of halogens is 1. The van der Waals surface area contributed by atoms with Crippen LogP contribution in [0.3, 0.4) is 0 Å². The molecule has 5 rings (SSSR count). The standard InChI is InChI=1S/C34H43FN4O5/c1-2-43-17-6-18-44-34(42)30-20-25-19-26(13-14-29(25)38-30)37-32(40)31-27(22-7-4-3-5-8-22)15-16-39(31)33(41)24-11-9-23(10-12-24)28(36)21-35/h3-5,7-8,13-14,19-20,23-24,27-28,31,38H,2,6,9-12,15-18,21,36H2,1H3,(H,37,40)/t23-,24-,27-,28+,31-/m0/s1. The van der Waals surface area contributed by atoms with Crippen LogP contribution in [0.25, 0.3) is 10.9 Å². The summed E-state index contributed by atoms with van der Waals surface area (Å²) in [5.74, 6) is -0.962. The molecule has 0 radical (unpaired) electrons. The molecule has 3 atom stereocenters. The number of fused-ring (bicyclic) bond motifs is 1. The number of ether oxygens (including phenoxy) is 2. The predicted molar refractivity (Wildman–Crippen MR) is 167 cm³/mol. The minimum Gasteiger partial charge on any atom is -0.461 e. The average molecular weight is 607 g/mol. The number of hydrogen-bond donors (Lipinski definition) is 3. The molecule has 9 nitrogen and oxygen atoms in total. The van der Waals surface area contributed by atoms with Gasteiger partial charge >= 0.3 is 5.97 Å². The van der Waals surface area contributed by atoms with Crippen LogP contribution < -0.4 is 11.1 Å². The maximum absolute atomic E-state index is 14.0. The highest BCUT2D eigenvalue weighted by molar-refractivity contribution is 6.01. The van der Waals surface area contributed by atoms with Gasteiger partial charge in [-0.05, 0) is 74.8 Å². The molecule has 1 aliphatic heterocycles. The summed E-state index contributed by atoms with van der Waals surface area (Å²) in [7, 11) is 0. The fraction of sp³-hybridized carbons (Fsp3) is 0.500. The van der Waals surface area contributed by atoms with Gasteiger partial charge in [-0.25, -0.2) is 9.18 Å². The number of H-pyrrole nitrogens is 1. The molecule has 1 aliphatic carbocycles. The van der Waals surface area contributed by atoms with Crippen molar-refractivity contribution in [2.75, 3.05) is 38.4 Å². The smallest absolute Gasteiger partial charge is 0.354 e. The summed E-state index contributed by atoms with van der Waals surface area (Å²) in [4.78, 5) is 45.2. The first-order valence-electron chi connectivity index (χ1n) is 15.7. The van der Waals surface area contributed by atoms with Crippen LogP contribution >= 0.6 is 0 Å². The molecule has 236 valence electrons. The summed E-state index contributed by atoms with van der Waals surface area (Å²) < 4.78 is 23.8. The predicted octanol–water partition coefficient (Wildman–Crippen LogP) is 5.18. The number of alkyl halides is 1. The molecule has 3 aromatic rings. The second kappa shape index (κ2) is 14.8. The highest BCUT2D eigenvalue weighted by atomic mass is 19.1. The average Bonchev–Trinajstić information content (AvgIpc) is 3.69. The number of hydrogen-bond acceptors (Lipinski definition) is 6. The molecular formula is C34H43FN4O5. The Morgan fingerprint density at radius 2 is 1.82 bits per heavy atom. The number of aromatic amines is 1. The van der Waals surface area contributed by atoms with Crippen molar-refractivity contribution >= 4 is 34.4 Å². The van der Waals surface area contributed by atoms with Crippen LogP contribution in [-0.2, 0) is 19.1 Å². The van der Waals surface area contributed by atoms with Crippen molar-refractivity contribution in [2.45, 2.75) is 63.5 Å². The normalized spacial score (nSPS) is 22.6. The first-order chi connectivity index (χ1) is 21.4. The number of rotatable bonds is 12. The number of esters is 1. The molecule has 0 spiro atoms. The highest BCUT2D eigenvalue weighted by Gasteiger charge is 2.44. The molecule has 1 saturated carbocycles. The van der Waals surface area contributed by atoms with Crippen molar-refractivity contribution in [3.8, 4) is 0 Å². The van der Waals surface area contributed by atoms with E-state index in [2.05, 4.69) is 10.3 Å². The number of amides is 2. The van der Waals surface area contributed by atoms with Crippen molar-refractivity contribution in [3.63, 3.8) is 0 Å². The Bertz CT molecular complexity index is 1420. The first kappa shape index (κ1) is 31.7. The van der Waals surface area contributed by atoms with Gasteiger partial charge in [0.2, 0.25) is 11.8 Å². The first-order valence-corrected chi connectivity index (χ1v) is 15.7. The monoisotopic (exact) mass is 606 g/mol. The van der Waals surface area contributed by atoms with Crippen LogP contribution in [0.1, 0.15) is 67.4 Å². The van der Waals surface area contributed by atoms with Gasteiger partial charge in [0.05, 0.1) is 6.61 Å². The van der Waals surface area contributed by atoms with Crippen LogP contribution in [0.2, 0.25) is 0 Å². The van der Waals surface area contributed by atoms with Crippen LogP contribution in [-0.4, -0.2) is 72.8 Å². The van der Waals surface area contributed by atoms with Gasteiger partial charge in [0.25, 0.3) is 0 Å². The summed E-state index contributed by atoms with van der Waals surface area (Å²) in [6.45, 7) is 3.28. The van der Waals surface area contributed by atoms with Gasteiger partial charge in [-0.2, -0.15) is 0 Å². The summed E-state index contributed by atoms with van der Waals surface area (Å²) in [6, 6.07) is 15.8. The zero-order chi connectivity index (χ0) is 31.1. The largest absolute Gasteiger partial charge is 0.461 e. The topological polar surface area (TPSA) is 127 Å². The number of nitrogens with one attached hydrogen (secondary N) is 2. The molecule has 1 saturated heterocycles. The lowest BCUT2D eigenvalue weighted by atomic mass is 9.78. The van der Waals surface area contributed by atoms with E-state index in [0.717, 1.165) is 16.5 Å². The van der Waals surface area contributed by atoms with Gasteiger partial charge in [-0.1, -0.05) is 30.3 Å². The van der Waals surface area contributed by atoms with E-state index < -0.39 is 24.7 Å². The van der Waals surface area contributed by atoms with E-state index in [0.29, 0.717) is 69.7 Å². The van der Waals surface area contributed by atoms with Crippen LogP contribution in [0.5, 0.6) is 0 Å². The van der Waals surface area contributed by atoms with Gasteiger partial charge in [-0.3, -0.25) is 9.59 Å². The van der Waals surface area contributed by atoms with Crippen molar-refractivity contribution < 1.29 is 28.2 Å². The van der Waals surface area contributed by atoms with Gasteiger partial charge < -0.3 is 30.4 Å². The van der Waals surface area contributed by atoms with Crippen molar-refractivity contribution in [3.05, 3.63) is 65.9 Å². The summed E-state index contributed by atoms with van der Waals surface area (Å²) in [5, 5.41) is 3.81. The molecule has 10 heteroatoms. The second-order valence-corrected chi connectivity index (χ2v) is 11.9. The maximum atomic E-state index is 14.0. The van der Waals surface area contributed by atoms with E-state index in [-0.39, 0.29) is 36.2 Å². The zero-order valence-electron chi connectivity index (χ0n) is 25.3. The number of carbonyl (C=O) groups excluding carboxylic acids is 3. The van der Waals surface area contributed by atoms with E-state index in [1.165, 1.54) is 0 Å². The molecule has 44 heavy (non-hydrogen) atoms. The number of likely N-dealkylation sites (tertiary alicyclic amines) is 1. The third kappa shape index (κ3) is 7.30. The van der Waals surface area contributed by atoms with E-state index in [9.17, 15) is 18.8 Å². The number of anilines is 1. The molecule has 0 unspecified atom stereocenters. The third-order valence-corrected chi connectivity index (χ3v) is 9.06. The zero-order valence-corrected chi connectivity index (χ0v) is 25.3. The molecule has 2 amide bonds. The summed E-state index contributed by atoms with van der Waals surface area (Å²) >= 11 is 0. The number of aromatic nitrogens is 1. The minimum atomic E-state index is -0.667. The molecule has 4 N–H and O–H groups in total. The summed E-state index contributed by atoms with van der Waals surface area (Å²) in [6.07, 6.45) is 4.04. The second-order valence-electron chi connectivity index (χ2n) is 11.9. The lowest BCUT2D eigenvalue weighted by Crippen LogP contribution is -2.48. The van der Waals surface area contributed by atoms with Crippen molar-refractivity contribution in [2.24, 2.45) is 17.6 Å².